The molecule has 2 saturated carbocycles. The maximum atomic E-state index is 12.0. The van der Waals surface area contributed by atoms with E-state index >= 15 is 0 Å². The number of carbonyl (C=O) groups is 1. The zero-order valence-electron chi connectivity index (χ0n) is 13.1. The topological polar surface area (TPSA) is 55.1 Å². The predicted molar refractivity (Wildman–Crippen MR) is 83.3 cm³/mol. The van der Waals surface area contributed by atoms with Crippen molar-refractivity contribution in [2.24, 2.45) is 23.5 Å². The first-order chi connectivity index (χ1) is 9.65. The lowest BCUT2D eigenvalue weighted by molar-refractivity contribution is -0.121. The molecular formula is C17H32N2O. The predicted octanol–water partition coefficient (Wildman–Crippen LogP) is 3.23. The highest BCUT2D eigenvalue weighted by atomic mass is 16.1. The first-order valence-corrected chi connectivity index (χ1v) is 8.67. The van der Waals surface area contributed by atoms with Gasteiger partial charge in [0.1, 0.15) is 0 Å². The Hall–Kier alpha value is -0.570. The van der Waals surface area contributed by atoms with Crippen LogP contribution in [0.3, 0.4) is 0 Å². The van der Waals surface area contributed by atoms with Crippen LogP contribution in [0.25, 0.3) is 0 Å². The zero-order valence-corrected chi connectivity index (χ0v) is 13.1. The fraction of sp³-hybridized carbons (Fsp3) is 0.941. The second kappa shape index (κ2) is 8.02. The summed E-state index contributed by atoms with van der Waals surface area (Å²) < 4.78 is 0. The monoisotopic (exact) mass is 280 g/mol. The van der Waals surface area contributed by atoms with E-state index in [9.17, 15) is 4.79 Å². The van der Waals surface area contributed by atoms with Crippen molar-refractivity contribution in [2.45, 2.75) is 77.2 Å². The molecule has 3 nitrogen and oxygen atoms in total. The molecule has 2 fully saturated rings. The van der Waals surface area contributed by atoms with Crippen molar-refractivity contribution in [2.75, 3.05) is 6.54 Å². The third kappa shape index (κ3) is 5.08. The quantitative estimate of drug-likeness (QED) is 0.812. The summed E-state index contributed by atoms with van der Waals surface area (Å²) in [5.74, 6) is 2.48. The lowest BCUT2D eigenvalue weighted by Gasteiger charge is -2.29. The number of carbonyl (C=O) groups excluding carboxylic acids is 1. The molecule has 0 spiro atoms. The minimum absolute atomic E-state index is 0.262. The Bertz CT molecular complexity index is 297. The van der Waals surface area contributed by atoms with Crippen LogP contribution in [0, 0.1) is 17.8 Å². The molecule has 0 aliphatic heterocycles. The van der Waals surface area contributed by atoms with Gasteiger partial charge in [0.15, 0.2) is 0 Å². The van der Waals surface area contributed by atoms with Gasteiger partial charge in [0.2, 0.25) is 5.91 Å². The third-order valence-corrected chi connectivity index (χ3v) is 5.52. The number of hydrogen-bond donors (Lipinski definition) is 2. The summed E-state index contributed by atoms with van der Waals surface area (Å²) in [6.07, 6.45) is 11.8. The highest BCUT2D eigenvalue weighted by Crippen LogP contribution is 2.29. The average Bonchev–Trinajstić information content (AvgIpc) is 2.46. The van der Waals surface area contributed by atoms with Crippen molar-refractivity contribution < 1.29 is 4.79 Å². The molecule has 0 aromatic rings. The molecule has 0 saturated heterocycles. The lowest BCUT2D eigenvalue weighted by Crippen LogP contribution is -2.33. The molecule has 2 rings (SSSR count). The van der Waals surface area contributed by atoms with E-state index in [0.29, 0.717) is 18.4 Å². The molecule has 0 bridgehead atoms. The Morgan fingerprint density at radius 2 is 1.80 bits per heavy atom. The third-order valence-electron chi connectivity index (χ3n) is 5.52. The van der Waals surface area contributed by atoms with E-state index in [1.165, 1.54) is 38.5 Å². The van der Waals surface area contributed by atoms with Gasteiger partial charge in [-0.25, -0.2) is 0 Å². The molecule has 2 aliphatic rings. The first-order valence-electron chi connectivity index (χ1n) is 8.67. The normalized spacial score (nSPS) is 34.7. The minimum Gasteiger partial charge on any atom is -0.356 e. The van der Waals surface area contributed by atoms with E-state index in [1.807, 2.05) is 0 Å². The summed E-state index contributed by atoms with van der Waals surface area (Å²) in [6.45, 7) is 3.23. The number of rotatable bonds is 5. The summed E-state index contributed by atoms with van der Waals surface area (Å²) >= 11 is 0. The first kappa shape index (κ1) is 15.8. The Kier molecular flexibility index (Phi) is 6.34. The van der Waals surface area contributed by atoms with Gasteiger partial charge in [0, 0.05) is 19.0 Å². The lowest BCUT2D eigenvalue weighted by atomic mass is 9.80. The van der Waals surface area contributed by atoms with Gasteiger partial charge in [-0.1, -0.05) is 26.2 Å². The summed E-state index contributed by atoms with van der Waals surface area (Å²) in [5.41, 5.74) is 5.92. The van der Waals surface area contributed by atoms with E-state index in [4.69, 9.17) is 5.73 Å². The molecular weight excluding hydrogens is 248 g/mol. The van der Waals surface area contributed by atoms with Crippen LogP contribution >= 0.6 is 0 Å². The molecule has 1 amide bonds. The van der Waals surface area contributed by atoms with Gasteiger partial charge >= 0.3 is 0 Å². The van der Waals surface area contributed by atoms with Crippen LogP contribution in [0.5, 0.6) is 0 Å². The smallest absolute Gasteiger partial charge is 0.220 e. The van der Waals surface area contributed by atoms with Crippen molar-refractivity contribution in [3.8, 4) is 0 Å². The van der Waals surface area contributed by atoms with Crippen LogP contribution in [0.4, 0.5) is 0 Å². The van der Waals surface area contributed by atoms with Gasteiger partial charge in [0.05, 0.1) is 0 Å². The minimum atomic E-state index is 0.262. The Balaban J connectivity index is 1.58. The molecule has 0 aromatic carbocycles. The summed E-state index contributed by atoms with van der Waals surface area (Å²) in [7, 11) is 0. The van der Waals surface area contributed by atoms with E-state index in [2.05, 4.69) is 12.2 Å². The fourth-order valence-electron chi connectivity index (χ4n) is 3.84. The van der Waals surface area contributed by atoms with Gasteiger partial charge < -0.3 is 11.1 Å². The highest BCUT2D eigenvalue weighted by molar-refractivity contribution is 5.75. The SMILES string of the molecule is CC1CCCCC1CNC(=O)CCC1CCC(N)CC1. The number of nitrogens with two attached hydrogens (primary N) is 1. The molecule has 2 aliphatic carbocycles. The van der Waals surface area contributed by atoms with Crippen LogP contribution in [0.2, 0.25) is 0 Å². The molecule has 2 unspecified atom stereocenters. The van der Waals surface area contributed by atoms with E-state index in [0.717, 1.165) is 37.6 Å². The Labute approximate surface area is 124 Å². The highest BCUT2D eigenvalue weighted by Gasteiger charge is 2.22. The van der Waals surface area contributed by atoms with Crippen molar-refractivity contribution in [1.82, 2.24) is 5.32 Å². The molecule has 3 N–H and O–H groups in total. The summed E-state index contributed by atoms with van der Waals surface area (Å²) in [4.78, 5) is 12.0. The molecule has 20 heavy (non-hydrogen) atoms. The maximum absolute atomic E-state index is 12.0. The van der Waals surface area contributed by atoms with Gasteiger partial charge in [0.25, 0.3) is 0 Å². The van der Waals surface area contributed by atoms with Crippen molar-refractivity contribution in [1.29, 1.82) is 0 Å². The van der Waals surface area contributed by atoms with E-state index < -0.39 is 0 Å². The summed E-state index contributed by atoms with van der Waals surface area (Å²) in [5, 5.41) is 3.17. The van der Waals surface area contributed by atoms with Gasteiger partial charge in [-0.3, -0.25) is 4.79 Å². The van der Waals surface area contributed by atoms with E-state index in [-0.39, 0.29) is 5.91 Å². The molecule has 116 valence electrons. The van der Waals surface area contributed by atoms with Crippen molar-refractivity contribution in [3.63, 3.8) is 0 Å². The number of hydrogen-bond acceptors (Lipinski definition) is 2. The Morgan fingerprint density at radius 1 is 1.10 bits per heavy atom. The van der Waals surface area contributed by atoms with Crippen LogP contribution in [-0.2, 0) is 4.79 Å². The van der Waals surface area contributed by atoms with E-state index in [1.54, 1.807) is 0 Å². The molecule has 0 heterocycles. The maximum Gasteiger partial charge on any atom is 0.220 e. The number of amides is 1. The van der Waals surface area contributed by atoms with Crippen LogP contribution < -0.4 is 11.1 Å². The molecule has 0 aromatic heterocycles. The van der Waals surface area contributed by atoms with Gasteiger partial charge in [-0.15, -0.1) is 0 Å². The van der Waals surface area contributed by atoms with Crippen molar-refractivity contribution in [3.05, 3.63) is 0 Å². The van der Waals surface area contributed by atoms with Crippen LogP contribution in [-0.4, -0.2) is 18.5 Å². The molecule has 0 radical (unpaired) electrons. The largest absolute Gasteiger partial charge is 0.356 e. The zero-order chi connectivity index (χ0) is 14.4. The van der Waals surface area contributed by atoms with Crippen molar-refractivity contribution >= 4 is 5.91 Å². The number of nitrogens with one attached hydrogen (secondary N) is 1. The second-order valence-electron chi connectivity index (χ2n) is 7.15. The summed E-state index contributed by atoms with van der Waals surface area (Å²) in [6, 6.07) is 0.410. The standard InChI is InChI=1S/C17H32N2O/c1-13-4-2-3-5-15(13)12-19-17(20)11-8-14-6-9-16(18)10-7-14/h13-16H,2-12,18H2,1H3,(H,19,20). The van der Waals surface area contributed by atoms with Gasteiger partial charge in [-0.2, -0.15) is 0 Å². The average molecular weight is 280 g/mol. The van der Waals surface area contributed by atoms with Crippen LogP contribution in [0.15, 0.2) is 0 Å². The molecule has 3 heteroatoms. The van der Waals surface area contributed by atoms with Gasteiger partial charge in [-0.05, 0) is 56.3 Å². The van der Waals surface area contributed by atoms with Crippen LogP contribution in [0.1, 0.15) is 71.1 Å². The Morgan fingerprint density at radius 3 is 2.50 bits per heavy atom. The fourth-order valence-corrected chi connectivity index (χ4v) is 3.84. The molecule has 2 atom stereocenters. The second-order valence-corrected chi connectivity index (χ2v) is 7.15.